The Kier molecular flexibility index (Phi) is 2.90. The van der Waals surface area contributed by atoms with Gasteiger partial charge in [0.25, 0.3) is 0 Å². The van der Waals surface area contributed by atoms with Crippen LogP contribution in [0.25, 0.3) is 20.4 Å². The Labute approximate surface area is 132 Å². The van der Waals surface area contributed by atoms with E-state index in [0.717, 1.165) is 32.5 Å². The summed E-state index contributed by atoms with van der Waals surface area (Å²) in [5, 5.41) is 1.14. The zero-order valence-corrected chi connectivity index (χ0v) is 13.9. The van der Waals surface area contributed by atoms with Crippen LogP contribution in [0.2, 0.25) is 0 Å². The molecule has 6 heteroatoms. The molecule has 4 rings (SSSR count). The minimum Gasteiger partial charge on any atom is -0.480 e. The van der Waals surface area contributed by atoms with Gasteiger partial charge in [0, 0.05) is 23.1 Å². The Morgan fingerprint density at radius 2 is 2.09 bits per heavy atom. The molecular weight excluding hydrogens is 298 g/mol. The molecule has 1 aliphatic rings. The summed E-state index contributed by atoms with van der Waals surface area (Å²) < 4.78 is 12.3. The molecule has 0 aliphatic carbocycles. The van der Waals surface area contributed by atoms with Gasteiger partial charge < -0.3 is 9.47 Å². The Balaban J connectivity index is 2.13. The predicted molar refractivity (Wildman–Crippen MR) is 86.6 cm³/mol. The lowest BCUT2D eigenvalue weighted by Gasteiger charge is -2.32. The fourth-order valence-corrected chi connectivity index (χ4v) is 4.27. The maximum absolute atomic E-state index is 5.96. The van der Waals surface area contributed by atoms with Gasteiger partial charge >= 0.3 is 0 Å². The number of aromatic nitrogens is 3. The topological polar surface area (TPSA) is 57.1 Å². The predicted octanol–water partition coefficient (Wildman–Crippen LogP) is 3.41. The Bertz CT molecular complexity index is 901. The van der Waals surface area contributed by atoms with Crippen LogP contribution in [0.15, 0.2) is 6.33 Å². The van der Waals surface area contributed by atoms with E-state index in [4.69, 9.17) is 14.5 Å². The summed E-state index contributed by atoms with van der Waals surface area (Å²) in [7, 11) is 1.64. The quantitative estimate of drug-likeness (QED) is 0.689. The second-order valence-corrected chi connectivity index (χ2v) is 7.22. The minimum atomic E-state index is -0.168. The number of rotatable bonds is 1. The SMILES string of the molecule is COc1ncnc2c1sc1nc(C)c3c(c12)CC(C)(C)OC3. The molecule has 0 saturated heterocycles. The van der Waals surface area contributed by atoms with E-state index in [1.54, 1.807) is 24.8 Å². The van der Waals surface area contributed by atoms with Gasteiger partial charge in [-0.2, -0.15) is 0 Å². The maximum Gasteiger partial charge on any atom is 0.234 e. The van der Waals surface area contributed by atoms with E-state index in [0.29, 0.717) is 12.5 Å². The summed E-state index contributed by atoms with van der Waals surface area (Å²) in [5.74, 6) is 0.616. The summed E-state index contributed by atoms with van der Waals surface area (Å²) in [4.78, 5) is 14.5. The molecule has 0 bridgehead atoms. The molecule has 0 fully saturated rings. The summed E-state index contributed by atoms with van der Waals surface area (Å²) >= 11 is 1.60. The monoisotopic (exact) mass is 315 g/mol. The molecule has 0 atom stereocenters. The smallest absolute Gasteiger partial charge is 0.234 e. The van der Waals surface area contributed by atoms with Crippen LogP contribution < -0.4 is 4.74 Å². The molecule has 0 aromatic carbocycles. The van der Waals surface area contributed by atoms with Crippen LogP contribution in [-0.2, 0) is 17.8 Å². The molecule has 0 radical (unpaired) electrons. The Morgan fingerprint density at radius 1 is 1.27 bits per heavy atom. The summed E-state index contributed by atoms with van der Waals surface area (Å²) in [6.45, 7) is 6.91. The van der Waals surface area contributed by atoms with Crippen LogP contribution in [0.3, 0.4) is 0 Å². The molecule has 0 spiro atoms. The van der Waals surface area contributed by atoms with E-state index < -0.39 is 0 Å². The van der Waals surface area contributed by atoms with Crippen LogP contribution in [-0.4, -0.2) is 27.7 Å². The van der Waals surface area contributed by atoms with Crippen molar-refractivity contribution in [1.82, 2.24) is 15.0 Å². The van der Waals surface area contributed by atoms with Gasteiger partial charge in [-0.05, 0) is 26.3 Å². The average molecular weight is 315 g/mol. The summed E-state index contributed by atoms with van der Waals surface area (Å²) in [6.07, 6.45) is 2.42. The minimum absolute atomic E-state index is 0.168. The Hall–Kier alpha value is -1.79. The van der Waals surface area contributed by atoms with Gasteiger partial charge in [-0.3, -0.25) is 0 Å². The van der Waals surface area contributed by atoms with Crippen LogP contribution >= 0.6 is 11.3 Å². The third kappa shape index (κ3) is 1.90. The van der Waals surface area contributed by atoms with Gasteiger partial charge in [0.15, 0.2) is 0 Å². The number of nitrogens with zero attached hydrogens (tertiary/aromatic N) is 3. The number of hydrogen-bond acceptors (Lipinski definition) is 6. The van der Waals surface area contributed by atoms with Crippen molar-refractivity contribution in [2.45, 2.75) is 39.4 Å². The molecule has 3 aromatic rings. The molecule has 4 heterocycles. The van der Waals surface area contributed by atoms with Gasteiger partial charge in [0.05, 0.1) is 24.8 Å². The average Bonchev–Trinajstić information content (AvgIpc) is 2.84. The number of pyridine rings is 1. The van der Waals surface area contributed by atoms with Gasteiger partial charge in [-0.15, -0.1) is 11.3 Å². The summed E-state index contributed by atoms with van der Waals surface area (Å²) in [6, 6.07) is 0. The van der Waals surface area contributed by atoms with Crippen LogP contribution in [0.5, 0.6) is 5.88 Å². The molecule has 0 N–H and O–H groups in total. The van der Waals surface area contributed by atoms with Crippen molar-refractivity contribution in [1.29, 1.82) is 0 Å². The number of hydrogen-bond donors (Lipinski definition) is 0. The highest BCUT2D eigenvalue weighted by molar-refractivity contribution is 7.25. The van der Waals surface area contributed by atoms with Crippen molar-refractivity contribution in [3.05, 3.63) is 23.1 Å². The van der Waals surface area contributed by atoms with Gasteiger partial charge in [0.2, 0.25) is 5.88 Å². The van der Waals surface area contributed by atoms with Crippen LogP contribution in [0.1, 0.15) is 30.7 Å². The van der Waals surface area contributed by atoms with Crippen molar-refractivity contribution in [3.8, 4) is 5.88 Å². The van der Waals surface area contributed by atoms with E-state index in [1.165, 1.54) is 11.1 Å². The largest absolute Gasteiger partial charge is 0.480 e. The first-order valence-electron chi connectivity index (χ1n) is 7.23. The second-order valence-electron chi connectivity index (χ2n) is 6.22. The number of methoxy groups -OCH3 is 1. The third-order valence-electron chi connectivity index (χ3n) is 4.20. The highest BCUT2D eigenvalue weighted by Crippen LogP contribution is 2.42. The molecule has 0 unspecified atom stereocenters. The summed E-state index contributed by atoms with van der Waals surface area (Å²) in [5.41, 5.74) is 4.32. The van der Waals surface area contributed by atoms with Crippen molar-refractivity contribution in [2.75, 3.05) is 7.11 Å². The van der Waals surface area contributed by atoms with E-state index in [1.807, 2.05) is 6.92 Å². The van der Waals surface area contributed by atoms with Crippen LogP contribution in [0, 0.1) is 6.92 Å². The number of thiophene rings is 1. The highest BCUT2D eigenvalue weighted by Gasteiger charge is 2.30. The number of ether oxygens (including phenoxy) is 2. The molecule has 3 aromatic heterocycles. The number of fused-ring (bicyclic) bond motifs is 5. The van der Waals surface area contributed by atoms with E-state index in [9.17, 15) is 0 Å². The standard InChI is InChI=1S/C16H17N3O2S/c1-8-10-6-21-16(2,3)5-9(10)11-12-13(22-15(11)19-8)14(20-4)18-7-17-12/h7H,5-6H2,1-4H3. The lowest BCUT2D eigenvalue weighted by molar-refractivity contribution is -0.0400. The first-order valence-corrected chi connectivity index (χ1v) is 8.05. The molecular formula is C16H17N3O2S. The fraction of sp³-hybridized carbons (Fsp3) is 0.438. The van der Waals surface area contributed by atoms with Crippen molar-refractivity contribution >= 4 is 31.8 Å². The van der Waals surface area contributed by atoms with Crippen molar-refractivity contribution < 1.29 is 9.47 Å². The number of aryl methyl sites for hydroxylation is 1. The van der Waals surface area contributed by atoms with E-state index >= 15 is 0 Å². The lowest BCUT2D eigenvalue weighted by Crippen LogP contribution is -2.32. The van der Waals surface area contributed by atoms with E-state index in [2.05, 4.69) is 23.8 Å². The zero-order valence-electron chi connectivity index (χ0n) is 13.1. The lowest BCUT2D eigenvalue weighted by atomic mass is 9.89. The molecule has 114 valence electrons. The Morgan fingerprint density at radius 3 is 2.86 bits per heavy atom. The van der Waals surface area contributed by atoms with Crippen molar-refractivity contribution in [2.24, 2.45) is 0 Å². The van der Waals surface area contributed by atoms with Gasteiger partial charge in [0.1, 0.15) is 15.9 Å². The molecule has 0 saturated carbocycles. The van der Waals surface area contributed by atoms with Crippen molar-refractivity contribution in [3.63, 3.8) is 0 Å². The molecule has 22 heavy (non-hydrogen) atoms. The maximum atomic E-state index is 5.96. The first kappa shape index (κ1) is 13.8. The fourth-order valence-electron chi connectivity index (χ4n) is 3.09. The first-order chi connectivity index (χ1) is 10.5. The van der Waals surface area contributed by atoms with Gasteiger partial charge in [-0.1, -0.05) is 0 Å². The second kappa shape index (κ2) is 4.60. The normalized spacial score (nSPS) is 16.9. The molecule has 1 aliphatic heterocycles. The van der Waals surface area contributed by atoms with Gasteiger partial charge in [-0.25, -0.2) is 15.0 Å². The zero-order chi connectivity index (χ0) is 15.5. The van der Waals surface area contributed by atoms with Crippen LogP contribution in [0.4, 0.5) is 0 Å². The molecule has 0 amide bonds. The van der Waals surface area contributed by atoms with E-state index in [-0.39, 0.29) is 5.60 Å². The molecule has 5 nitrogen and oxygen atoms in total. The third-order valence-corrected chi connectivity index (χ3v) is 5.26. The highest BCUT2D eigenvalue weighted by atomic mass is 32.1.